The minimum atomic E-state index is -0.510. The van der Waals surface area contributed by atoms with Gasteiger partial charge in [0.25, 0.3) is 0 Å². The zero-order chi connectivity index (χ0) is 23.3. The third kappa shape index (κ3) is 3.56. The van der Waals surface area contributed by atoms with Crippen LogP contribution in [-0.2, 0) is 30.3 Å². The number of benzene rings is 1. The minimum Gasteiger partial charge on any atom is -0.497 e. The molecule has 1 aromatic carbocycles. The summed E-state index contributed by atoms with van der Waals surface area (Å²) >= 11 is 0. The van der Waals surface area contributed by atoms with Crippen molar-refractivity contribution in [3.63, 3.8) is 0 Å². The molecule has 182 valence electrons. The third-order valence-corrected chi connectivity index (χ3v) is 9.06. The first-order chi connectivity index (χ1) is 15.8. The maximum Gasteiger partial charge on any atom is 0.168 e. The van der Waals surface area contributed by atoms with Gasteiger partial charge >= 0.3 is 0 Å². The summed E-state index contributed by atoms with van der Waals surface area (Å²) in [6, 6.07) is 7.99. The molecule has 0 amide bonds. The lowest BCUT2D eigenvalue weighted by atomic mass is 9.66. The van der Waals surface area contributed by atoms with Gasteiger partial charge < -0.3 is 23.7 Å². The molecule has 0 aromatic heterocycles. The van der Waals surface area contributed by atoms with Crippen LogP contribution in [0.25, 0.3) is 0 Å². The second kappa shape index (κ2) is 8.33. The molecule has 4 fully saturated rings. The standard InChI is InChI=1S/C27H38O6/c1-5-26(6-2)31-17-24(3,33-26)23-12-13-25(15-22-21(28)11-14-27(23,25)32-22)18-30-16-19-7-9-20(29-4)10-8-19/h7-10,22-23H,5-6,11-18H2,1-4H3/t22-,23+,24-,25+,27+/m1/s1. The molecule has 6 nitrogen and oxygen atoms in total. The molecule has 3 heterocycles. The second-order valence-electron chi connectivity index (χ2n) is 10.7. The highest BCUT2D eigenvalue weighted by molar-refractivity contribution is 5.85. The molecule has 1 aromatic rings. The van der Waals surface area contributed by atoms with Crippen LogP contribution in [0.4, 0.5) is 0 Å². The van der Waals surface area contributed by atoms with Crippen molar-refractivity contribution < 1.29 is 28.5 Å². The quantitative estimate of drug-likeness (QED) is 0.557. The van der Waals surface area contributed by atoms with E-state index in [4.69, 9.17) is 23.7 Å². The Morgan fingerprint density at radius 1 is 1.12 bits per heavy atom. The van der Waals surface area contributed by atoms with E-state index in [1.807, 2.05) is 24.3 Å². The van der Waals surface area contributed by atoms with Gasteiger partial charge in [-0.3, -0.25) is 4.79 Å². The van der Waals surface area contributed by atoms with Crippen molar-refractivity contribution in [2.45, 2.75) is 95.4 Å². The summed E-state index contributed by atoms with van der Waals surface area (Å²) in [4.78, 5) is 12.6. The van der Waals surface area contributed by atoms with Gasteiger partial charge in [0, 0.05) is 17.8 Å². The fourth-order valence-corrected chi connectivity index (χ4v) is 7.18. The molecule has 1 spiro atoms. The van der Waals surface area contributed by atoms with Crippen molar-refractivity contribution in [3.8, 4) is 5.75 Å². The summed E-state index contributed by atoms with van der Waals surface area (Å²) in [5.41, 5.74) is 0.154. The lowest BCUT2D eigenvalue weighted by Gasteiger charge is -2.48. The number of hydrogen-bond donors (Lipinski definition) is 0. The van der Waals surface area contributed by atoms with E-state index < -0.39 is 11.4 Å². The van der Waals surface area contributed by atoms with Gasteiger partial charge in [-0.15, -0.1) is 0 Å². The van der Waals surface area contributed by atoms with Gasteiger partial charge in [-0.2, -0.15) is 0 Å². The van der Waals surface area contributed by atoms with E-state index in [2.05, 4.69) is 20.8 Å². The van der Waals surface area contributed by atoms with Crippen LogP contribution in [0.3, 0.4) is 0 Å². The zero-order valence-corrected chi connectivity index (χ0v) is 20.5. The fraction of sp³-hybridized carbons (Fsp3) is 0.741. The lowest BCUT2D eigenvalue weighted by molar-refractivity contribution is -0.226. The molecule has 4 aliphatic rings. The highest BCUT2D eigenvalue weighted by Crippen LogP contribution is 2.67. The SMILES string of the molecule is CCC1(CC)OC[C@](C)([C@@H]2CC[C@@]3(COCc4ccc(OC)cc4)C[C@H]4O[C@@]23CCC4=O)O1. The average Bonchev–Trinajstić information content (AvgIpc) is 3.42. The highest BCUT2D eigenvalue weighted by Gasteiger charge is 2.73. The summed E-state index contributed by atoms with van der Waals surface area (Å²) in [5, 5.41) is 0. The Balaban J connectivity index is 1.37. The van der Waals surface area contributed by atoms with Crippen LogP contribution in [0.2, 0.25) is 0 Å². The van der Waals surface area contributed by atoms with E-state index in [0.717, 1.165) is 49.8 Å². The molecule has 5 atom stereocenters. The summed E-state index contributed by atoms with van der Waals surface area (Å²) in [6.07, 6.45) is 5.46. The van der Waals surface area contributed by atoms with Crippen LogP contribution in [0.15, 0.2) is 24.3 Å². The summed E-state index contributed by atoms with van der Waals surface area (Å²) in [5.74, 6) is 0.763. The van der Waals surface area contributed by atoms with Crippen LogP contribution in [0, 0.1) is 11.3 Å². The summed E-state index contributed by atoms with van der Waals surface area (Å²) in [7, 11) is 1.67. The van der Waals surface area contributed by atoms with Gasteiger partial charge in [-0.05, 0) is 63.1 Å². The predicted molar refractivity (Wildman–Crippen MR) is 123 cm³/mol. The largest absolute Gasteiger partial charge is 0.497 e. The van der Waals surface area contributed by atoms with Crippen molar-refractivity contribution in [1.82, 2.24) is 0 Å². The molecule has 3 saturated heterocycles. The van der Waals surface area contributed by atoms with E-state index in [1.54, 1.807) is 7.11 Å². The smallest absolute Gasteiger partial charge is 0.168 e. The number of methoxy groups -OCH3 is 1. The molecule has 33 heavy (non-hydrogen) atoms. The molecule has 2 bridgehead atoms. The number of carbonyl (C=O) groups excluding carboxylic acids is 1. The number of ether oxygens (including phenoxy) is 5. The predicted octanol–water partition coefficient (Wildman–Crippen LogP) is 4.82. The van der Waals surface area contributed by atoms with Gasteiger partial charge in [0.05, 0.1) is 38.1 Å². The number of hydrogen-bond acceptors (Lipinski definition) is 6. The van der Waals surface area contributed by atoms with E-state index in [1.165, 1.54) is 0 Å². The van der Waals surface area contributed by atoms with Crippen molar-refractivity contribution in [2.24, 2.45) is 11.3 Å². The van der Waals surface area contributed by atoms with E-state index >= 15 is 0 Å². The maximum atomic E-state index is 12.6. The first kappa shape index (κ1) is 23.3. The average molecular weight is 459 g/mol. The van der Waals surface area contributed by atoms with Gasteiger partial charge in [0.15, 0.2) is 11.6 Å². The number of rotatable bonds is 8. The Labute approximate surface area is 197 Å². The van der Waals surface area contributed by atoms with Crippen LogP contribution in [0.1, 0.15) is 71.3 Å². The fourth-order valence-electron chi connectivity index (χ4n) is 7.18. The number of carbonyl (C=O) groups is 1. The van der Waals surface area contributed by atoms with Gasteiger partial charge in [-0.1, -0.05) is 26.0 Å². The van der Waals surface area contributed by atoms with Crippen molar-refractivity contribution in [3.05, 3.63) is 29.8 Å². The Morgan fingerprint density at radius 3 is 2.55 bits per heavy atom. The minimum absolute atomic E-state index is 0.156. The van der Waals surface area contributed by atoms with E-state index in [-0.39, 0.29) is 28.8 Å². The first-order valence-corrected chi connectivity index (χ1v) is 12.6. The van der Waals surface area contributed by atoms with Crippen molar-refractivity contribution in [1.29, 1.82) is 0 Å². The molecule has 0 N–H and O–H groups in total. The van der Waals surface area contributed by atoms with E-state index in [9.17, 15) is 4.79 Å². The van der Waals surface area contributed by atoms with Gasteiger partial charge in [0.2, 0.25) is 0 Å². The molecule has 3 aliphatic heterocycles. The summed E-state index contributed by atoms with van der Waals surface area (Å²) < 4.78 is 31.3. The van der Waals surface area contributed by atoms with E-state index in [0.29, 0.717) is 26.2 Å². The Kier molecular flexibility index (Phi) is 5.88. The Bertz CT molecular complexity index is 879. The lowest BCUT2D eigenvalue weighted by Crippen LogP contribution is -2.57. The van der Waals surface area contributed by atoms with Crippen LogP contribution in [0.5, 0.6) is 5.75 Å². The maximum absolute atomic E-state index is 12.6. The molecule has 1 saturated carbocycles. The number of ketones is 1. The van der Waals surface area contributed by atoms with Gasteiger partial charge in [0.1, 0.15) is 11.9 Å². The van der Waals surface area contributed by atoms with Gasteiger partial charge in [-0.25, -0.2) is 0 Å². The first-order valence-electron chi connectivity index (χ1n) is 12.6. The number of fused-ring (bicyclic) bond motifs is 1. The van der Waals surface area contributed by atoms with Crippen molar-refractivity contribution in [2.75, 3.05) is 20.3 Å². The number of Topliss-reactive ketones (excluding diaryl/α,β-unsaturated/α-hetero) is 1. The van der Waals surface area contributed by atoms with Crippen LogP contribution >= 0.6 is 0 Å². The molecular weight excluding hydrogens is 420 g/mol. The molecule has 5 rings (SSSR count). The Morgan fingerprint density at radius 2 is 1.88 bits per heavy atom. The monoisotopic (exact) mass is 458 g/mol. The highest BCUT2D eigenvalue weighted by atomic mass is 16.8. The molecule has 1 aliphatic carbocycles. The molecular formula is C27H38O6. The molecule has 6 heteroatoms. The van der Waals surface area contributed by atoms with Crippen LogP contribution in [-0.4, -0.2) is 49.2 Å². The third-order valence-electron chi connectivity index (χ3n) is 9.06. The zero-order valence-electron chi connectivity index (χ0n) is 20.5. The molecule has 0 unspecified atom stereocenters. The molecule has 0 radical (unpaired) electrons. The Hall–Kier alpha value is -1.47. The topological polar surface area (TPSA) is 63.2 Å². The second-order valence-corrected chi connectivity index (χ2v) is 10.7. The summed E-state index contributed by atoms with van der Waals surface area (Å²) in [6.45, 7) is 8.16. The van der Waals surface area contributed by atoms with Crippen molar-refractivity contribution >= 4 is 5.78 Å². The normalized spacial score (nSPS) is 39.1. The van der Waals surface area contributed by atoms with Crippen LogP contribution < -0.4 is 4.74 Å².